The zero-order valence-electron chi connectivity index (χ0n) is 15.6. The molecule has 0 amide bonds. The smallest absolute Gasteiger partial charge is 0.323 e. The number of unbranched alkanes of at least 4 members (excludes halogenated alkanes) is 8. The van der Waals surface area contributed by atoms with Gasteiger partial charge in [-0.3, -0.25) is 4.79 Å². The highest BCUT2D eigenvalue weighted by Crippen LogP contribution is 2.18. The van der Waals surface area contributed by atoms with Gasteiger partial charge in [-0.1, -0.05) is 65.2 Å². The van der Waals surface area contributed by atoms with Crippen molar-refractivity contribution >= 4 is 5.97 Å². The quantitative estimate of drug-likeness (QED) is 0.344. The van der Waals surface area contributed by atoms with Gasteiger partial charge in [-0.05, 0) is 45.1 Å². The predicted molar refractivity (Wildman–Crippen MR) is 97.7 cm³/mol. The van der Waals surface area contributed by atoms with Gasteiger partial charge in [0, 0.05) is 0 Å². The fraction of sp³-hybridized carbons (Fsp3) is 0.950. The van der Waals surface area contributed by atoms with Crippen LogP contribution in [0, 0.1) is 0 Å². The lowest BCUT2D eigenvalue weighted by atomic mass is 10.0. The van der Waals surface area contributed by atoms with Crippen LogP contribution in [0.4, 0.5) is 0 Å². The van der Waals surface area contributed by atoms with Crippen molar-refractivity contribution in [2.24, 2.45) is 0 Å². The summed E-state index contributed by atoms with van der Waals surface area (Å²) >= 11 is 0. The van der Waals surface area contributed by atoms with E-state index in [0.29, 0.717) is 0 Å². The standard InChI is InChI=1S/C20H39NO2/c1-3-5-7-9-11-14-18(15-12-10-8-6-4-2)23-20(22)19-16-13-17-21-19/h18-19,21H,3-17H2,1-2H3/t19-/m0/s1. The molecule has 0 aliphatic carbocycles. The second-order valence-electron chi connectivity index (χ2n) is 7.11. The van der Waals surface area contributed by atoms with Gasteiger partial charge in [0.25, 0.3) is 0 Å². The van der Waals surface area contributed by atoms with Crippen molar-refractivity contribution in [3.05, 3.63) is 0 Å². The molecule has 1 saturated heterocycles. The molecule has 0 aromatic carbocycles. The summed E-state index contributed by atoms with van der Waals surface area (Å²) in [7, 11) is 0. The summed E-state index contributed by atoms with van der Waals surface area (Å²) in [6.07, 6.45) is 17.1. The first-order chi connectivity index (χ1) is 11.3. The first kappa shape index (κ1) is 20.5. The van der Waals surface area contributed by atoms with Crippen LogP contribution in [0.2, 0.25) is 0 Å². The number of carbonyl (C=O) groups is 1. The fourth-order valence-electron chi connectivity index (χ4n) is 3.35. The minimum atomic E-state index is -0.0438. The summed E-state index contributed by atoms with van der Waals surface area (Å²) in [5.74, 6) is -0.00498. The zero-order valence-corrected chi connectivity index (χ0v) is 15.6. The maximum Gasteiger partial charge on any atom is 0.323 e. The van der Waals surface area contributed by atoms with Crippen molar-refractivity contribution in [1.82, 2.24) is 5.32 Å². The van der Waals surface area contributed by atoms with Gasteiger partial charge in [0.2, 0.25) is 0 Å². The second-order valence-corrected chi connectivity index (χ2v) is 7.11. The molecule has 1 atom stereocenters. The van der Waals surface area contributed by atoms with E-state index in [-0.39, 0.29) is 18.1 Å². The highest BCUT2D eigenvalue weighted by Gasteiger charge is 2.25. The molecule has 1 aliphatic heterocycles. The van der Waals surface area contributed by atoms with E-state index in [1.165, 1.54) is 64.2 Å². The van der Waals surface area contributed by atoms with Gasteiger partial charge < -0.3 is 10.1 Å². The lowest BCUT2D eigenvalue weighted by molar-refractivity contribution is -0.152. The Morgan fingerprint density at radius 1 is 0.957 bits per heavy atom. The van der Waals surface area contributed by atoms with Gasteiger partial charge in [-0.25, -0.2) is 0 Å². The first-order valence-corrected chi connectivity index (χ1v) is 10.2. The second kappa shape index (κ2) is 13.8. The molecule has 23 heavy (non-hydrogen) atoms. The van der Waals surface area contributed by atoms with Crippen molar-refractivity contribution in [1.29, 1.82) is 0 Å². The Labute approximate surface area is 143 Å². The largest absolute Gasteiger partial charge is 0.461 e. The van der Waals surface area contributed by atoms with E-state index in [4.69, 9.17) is 4.74 Å². The summed E-state index contributed by atoms with van der Waals surface area (Å²) in [5.41, 5.74) is 0. The molecule has 1 heterocycles. The van der Waals surface area contributed by atoms with E-state index in [1.54, 1.807) is 0 Å². The molecule has 3 heteroatoms. The van der Waals surface area contributed by atoms with E-state index in [9.17, 15) is 4.79 Å². The lowest BCUT2D eigenvalue weighted by Crippen LogP contribution is -2.35. The molecule has 1 aliphatic rings. The Morgan fingerprint density at radius 2 is 1.52 bits per heavy atom. The Balaban J connectivity index is 2.26. The molecule has 1 rings (SSSR count). The molecule has 0 aromatic heterocycles. The Morgan fingerprint density at radius 3 is 2.00 bits per heavy atom. The van der Waals surface area contributed by atoms with Crippen LogP contribution < -0.4 is 5.32 Å². The summed E-state index contributed by atoms with van der Waals surface area (Å²) < 4.78 is 5.85. The van der Waals surface area contributed by atoms with Gasteiger partial charge in [0.05, 0.1) is 0 Å². The van der Waals surface area contributed by atoms with Crippen molar-refractivity contribution in [2.75, 3.05) is 6.54 Å². The van der Waals surface area contributed by atoms with Gasteiger partial charge in [0.1, 0.15) is 12.1 Å². The Hall–Kier alpha value is -0.570. The van der Waals surface area contributed by atoms with Gasteiger partial charge >= 0.3 is 5.97 Å². The molecule has 0 aromatic rings. The minimum Gasteiger partial charge on any atom is -0.461 e. The number of rotatable bonds is 14. The number of ether oxygens (including phenoxy) is 1. The average Bonchev–Trinajstić information content (AvgIpc) is 3.08. The summed E-state index contributed by atoms with van der Waals surface area (Å²) in [6.45, 7) is 5.45. The summed E-state index contributed by atoms with van der Waals surface area (Å²) in [6, 6.07) is -0.0438. The third-order valence-corrected chi connectivity index (χ3v) is 4.89. The SMILES string of the molecule is CCCCCCCC(CCCCCCC)OC(=O)[C@@H]1CCCN1. The third-order valence-electron chi connectivity index (χ3n) is 4.89. The number of carbonyl (C=O) groups excluding carboxylic acids is 1. The molecule has 1 N–H and O–H groups in total. The topological polar surface area (TPSA) is 38.3 Å². The van der Waals surface area contributed by atoms with Gasteiger partial charge in [-0.15, -0.1) is 0 Å². The van der Waals surface area contributed by atoms with Crippen LogP contribution in [0.25, 0.3) is 0 Å². The van der Waals surface area contributed by atoms with E-state index in [1.807, 2.05) is 0 Å². The number of nitrogens with one attached hydrogen (secondary N) is 1. The van der Waals surface area contributed by atoms with Crippen LogP contribution >= 0.6 is 0 Å². The van der Waals surface area contributed by atoms with Crippen LogP contribution in [-0.4, -0.2) is 24.7 Å². The highest BCUT2D eigenvalue weighted by molar-refractivity contribution is 5.76. The van der Waals surface area contributed by atoms with E-state index in [2.05, 4.69) is 19.2 Å². The molecule has 0 radical (unpaired) electrons. The molecular formula is C20H39NO2. The molecular weight excluding hydrogens is 286 g/mol. The van der Waals surface area contributed by atoms with Crippen molar-refractivity contribution in [3.8, 4) is 0 Å². The average molecular weight is 326 g/mol. The zero-order chi connectivity index (χ0) is 16.8. The first-order valence-electron chi connectivity index (χ1n) is 10.2. The molecule has 0 unspecified atom stereocenters. The molecule has 0 saturated carbocycles. The van der Waals surface area contributed by atoms with Crippen LogP contribution in [0.15, 0.2) is 0 Å². The number of hydrogen-bond acceptors (Lipinski definition) is 3. The highest BCUT2D eigenvalue weighted by atomic mass is 16.5. The van der Waals surface area contributed by atoms with Gasteiger partial charge in [0.15, 0.2) is 0 Å². The maximum absolute atomic E-state index is 12.2. The number of esters is 1. The molecule has 1 fully saturated rings. The fourth-order valence-corrected chi connectivity index (χ4v) is 3.35. The molecule has 136 valence electrons. The summed E-state index contributed by atoms with van der Waals surface area (Å²) in [5, 5.41) is 3.26. The molecule has 0 spiro atoms. The third kappa shape index (κ3) is 10.0. The van der Waals surface area contributed by atoms with E-state index in [0.717, 1.165) is 32.2 Å². The Bertz CT molecular complexity index is 273. The van der Waals surface area contributed by atoms with Crippen molar-refractivity contribution in [3.63, 3.8) is 0 Å². The van der Waals surface area contributed by atoms with E-state index < -0.39 is 0 Å². The predicted octanol–water partition coefficient (Wildman–Crippen LogP) is 5.37. The van der Waals surface area contributed by atoms with Crippen LogP contribution in [0.5, 0.6) is 0 Å². The normalized spacial score (nSPS) is 17.8. The Kier molecular flexibility index (Phi) is 12.3. The molecule has 0 bridgehead atoms. The number of hydrogen-bond donors (Lipinski definition) is 1. The van der Waals surface area contributed by atoms with Crippen LogP contribution in [0.3, 0.4) is 0 Å². The van der Waals surface area contributed by atoms with Crippen LogP contribution in [0.1, 0.15) is 104 Å². The van der Waals surface area contributed by atoms with Gasteiger partial charge in [-0.2, -0.15) is 0 Å². The maximum atomic E-state index is 12.2. The summed E-state index contributed by atoms with van der Waals surface area (Å²) in [4.78, 5) is 12.2. The van der Waals surface area contributed by atoms with Crippen molar-refractivity contribution in [2.45, 2.75) is 116 Å². The minimum absolute atomic E-state index is 0.00498. The van der Waals surface area contributed by atoms with Crippen molar-refractivity contribution < 1.29 is 9.53 Å². The molecule has 3 nitrogen and oxygen atoms in total. The van der Waals surface area contributed by atoms with Crippen LogP contribution in [-0.2, 0) is 9.53 Å². The van der Waals surface area contributed by atoms with E-state index >= 15 is 0 Å². The monoisotopic (exact) mass is 325 g/mol. The lowest BCUT2D eigenvalue weighted by Gasteiger charge is -2.20.